The van der Waals surface area contributed by atoms with Crippen molar-refractivity contribution in [1.29, 1.82) is 0 Å². The largest absolute Gasteiger partial charge is 0.343 e. The number of ketones is 1. The van der Waals surface area contributed by atoms with E-state index in [0.717, 1.165) is 22.2 Å². The molecule has 0 saturated carbocycles. The van der Waals surface area contributed by atoms with E-state index in [-0.39, 0.29) is 16.8 Å². The number of carbonyl (C=O) groups is 1. The predicted octanol–water partition coefficient (Wildman–Crippen LogP) is 6.33. The molecule has 1 unspecified atom stereocenters. The van der Waals surface area contributed by atoms with Crippen LogP contribution >= 0.6 is 27.7 Å². The molecule has 0 saturated heterocycles. The quantitative estimate of drug-likeness (QED) is 0.301. The highest BCUT2D eigenvalue weighted by molar-refractivity contribution is 9.10. The van der Waals surface area contributed by atoms with Crippen molar-refractivity contribution in [3.8, 4) is 0 Å². The lowest BCUT2D eigenvalue weighted by atomic mass is 9.69. The Morgan fingerprint density at radius 3 is 2.62 bits per heavy atom. The van der Waals surface area contributed by atoms with Crippen molar-refractivity contribution in [2.45, 2.75) is 50.4 Å². The summed E-state index contributed by atoms with van der Waals surface area (Å²) in [7, 11) is 0. The summed E-state index contributed by atoms with van der Waals surface area (Å²) in [5.41, 5.74) is 5.01. The highest BCUT2D eigenvalue weighted by Crippen LogP contribution is 2.48. The number of allylic oxidation sites excluding steroid dienone is 2. The second-order valence-corrected chi connectivity index (χ2v) is 11.7. The van der Waals surface area contributed by atoms with Gasteiger partial charge in [-0.1, -0.05) is 83.5 Å². The molecule has 0 fully saturated rings. The van der Waals surface area contributed by atoms with E-state index in [1.807, 2.05) is 24.3 Å². The molecule has 1 atom stereocenters. The molecule has 2 aliphatic rings. The number of aryl methyl sites for hydroxylation is 1. The van der Waals surface area contributed by atoms with Gasteiger partial charge in [0.25, 0.3) is 5.56 Å². The fraction of sp³-hybridized carbons (Fsp3) is 0.296. The van der Waals surface area contributed by atoms with Crippen molar-refractivity contribution in [2.24, 2.45) is 5.41 Å². The molecule has 5 rings (SSSR count). The van der Waals surface area contributed by atoms with Crippen molar-refractivity contribution in [1.82, 2.24) is 9.97 Å². The van der Waals surface area contributed by atoms with Gasteiger partial charge in [0, 0.05) is 33.8 Å². The normalized spacial score (nSPS) is 18.8. The Morgan fingerprint density at radius 2 is 1.88 bits per heavy atom. The highest BCUT2D eigenvalue weighted by atomic mass is 79.9. The van der Waals surface area contributed by atoms with Crippen molar-refractivity contribution in [3.05, 3.63) is 96.9 Å². The van der Waals surface area contributed by atoms with Crippen molar-refractivity contribution >= 4 is 39.3 Å². The van der Waals surface area contributed by atoms with Crippen LogP contribution in [0.2, 0.25) is 0 Å². The molecule has 2 heterocycles. The lowest BCUT2D eigenvalue weighted by molar-refractivity contribution is -0.118. The molecular weight excluding hydrogens is 510 g/mol. The van der Waals surface area contributed by atoms with Crippen LogP contribution < -0.4 is 10.9 Å². The molecule has 0 spiro atoms. The molecule has 0 amide bonds. The number of nitrogens with zero attached hydrogens (tertiary/aromatic N) is 1. The molecule has 2 N–H and O–H groups in total. The number of hydrogen-bond acceptors (Lipinski definition) is 5. The molecule has 2 aromatic carbocycles. The fourth-order valence-corrected chi connectivity index (χ4v) is 6.05. The van der Waals surface area contributed by atoms with E-state index in [0.29, 0.717) is 34.3 Å². The number of aromatic nitrogens is 2. The first-order valence-corrected chi connectivity index (χ1v) is 13.1. The third-order valence-corrected chi connectivity index (χ3v) is 7.82. The second-order valence-electron chi connectivity index (χ2n) is 9.85. The number of anilines is 1. The summed E-state index contributed by atoms with van der Waals surface area (Å²) < 4.78 is 0.908. The zero-order valence-corrected chi connectivity index (χ0v) is 21.8. The molecule has 174 valence electrons. The number of halogens is 1. The summed E-state index contributed by atoms with van der Waals surface area (Å²) >= 11 is 5.04. The first-order valence-electron chi connectivity index (χ1n) is 11.3. The van der Waals surface area contributed by atoms with Gasteiger partial charge >= 0.3 is 0 Å². The van der Waals surface area contributed by atoms with Crippen LogP contribution in [0.5, 0.6) is 0 Å². The van der Waals surface area contributed by atoms with Crippen LogP contribution in [0.4, 0.5) is 5.82 Å². The number of hydrogen-bond donors (Lipinski definition) is 2. The second kappa shape index (κ2) is 8.86. The highest BCUT2D eigenvalue weighted by Gasteiger charge is 2.42. The van der Waals surface area contributed by atoms with Crippen molar-refractivity contribution in [3.63, 3.8) is 0 Å². The van der Waals surface area contributed by atoms with Gasteiger partial charge in [-0.05, 0) is 42.0 Å². The summed E-state index contributed by atoms with van der Waals surface area (Å²) in [5, 5.41) is 3.95. The molecule has 1 aliphatic heterocycles. The van der Waals surface area contributed by atoms with E-state index in [4.69, 9.17) is 4.98 Å². The van der Waals surface area contributed by atoms with Gasteiger partial charge < -0.3 is 10.3 Å². The maximum atomic E-state index is 13.4. The van der Waals surface area contributed by atoms with Crippen LogP contribution in [0.1, 0.15) is 54.9 Å². The monoisotopic (exact) mass is 535 g/mol. The minimum atomic E-state index is -0.445. The lowest BCUT2D eigenvalue weighted by Gasteiger charge is -2.38. The smallest absolute Gasteiger partial charge is 0.257 e. The molecule has 7 heteroatoms. The summed E-state index contributed by atoms with van der Waals surface area (Å²) in [4.78, 5) is 34.5. The topological polar surface area (TPSA) is 74.8 Å². The number of nitrogens with one attached hydrogen (secondary N) is 2. The summed E-state index contributed by atoms with van der Waals surface area (Å²) in [6.45, 7) is 6.27. The van der Waals surface area contributed by atoms with Gasteiger partial charge in [-0.25, -0.2) is 4.98 Å². The molecule has 3 aromatic rings. The Balaban J connectivity index is 1.58. The third kappa shape index (κ3) is 4.51. The van der Waals surface area contributed by atoms with Gasteiger partial charge in [-0.15, -0.1) is 0 Å². The lowest BCUT2D eigenvalue weighted by Crippen LogP contribution is -2.37. The molecule has 1 aromatic heterocycles. The van der Waals surface area contributed by atoms with E-state index in [1.165, 1.54) is 22.9 Å². The van der Waals surface area contributed by atoms with Gasteiger partial charge in [0.05, 0.1) is 5.56 Å². The first-order chi connectivity index (χ1) is 16.2. The number of carbonyl (C=O) groups excluding carboxylic acids is 1. The van der Waals surface area contributed by atoms with Gasteiger partial charge in [0.15, 0.2) is 10.9 Å². The minimum Gasteiger partial charge on any atom is -0.343 e. The van der Waals surface area contributed by atoms with E-state index in [1.54, 1.807) is 0 Å². The average Bonchev–Trinajstić information content (AvgIpc) is 2.76. The summed E-state index contributed by atoms with van der Waals surface area (Å²) in [5.74, 6) is 0.895. The Hall–Kier alpha value is -2.64. The van der Waals surface area contributed by atoms with Gasteiger partial charge in [0.1, 0.15) is 5.82 Å². The number of aromatic amines is 1. The number of fused-ring (bicyclic) bond motifs is 1. The van der Waals surface area contributed by atoms with E-state index >= 15 is 0 Å². The molecule has 5 nitrogen and oxygen atoms in total. The van der Waals surface area contributed by atoms with Crippen molar-refractivity contribution in [2.75, 3.05) is 5.32 Å². The standard InChI is InChI=1S/C27H26BrN3O2S/c1-15-7-9-16(10-8-15)14-34-26-30-24-23(25(33)31-26)21(17-5-4-6-18(28)11-17)22-19(29-24)12-27(2,3)13-20(22)32/h4-11,21H,12-14H2,1-3H3,(H2,29,30,31,33). The average molecular weight is 536 g/mol. The Labute approximate surface area is 211 Å². The van der Waals surface area contributed by atoms with Crippen LogP contribution in [0.3, 0.4) is 0 Å². The number of H-pyrrole nitrogens is 1. The van der Waals surface area contributed by atoms with Crippen LogP contribution in [-0.4, -0.2) is 15.8 Å². The Kier molecular flexibility index (Phi) is 6.02. The number of thioether (sulfide) groups is 1. The maximum Gasteiger partial charge on any atom is 0.257 e. The summed E-state index contributed by atoms with van der Waals surface area (Å²) in [6, 6.07) is 16.2. The van der Waals surface area contributed by atoms with Gasteiger partial charge in [-0.3, -0.25) is 9.59 Å². The van der Waals surface area contributed by atoms with E-state index < -0.39 is 5.92 Å². The zero-order chi connectivity index (χ0) is 24.0. The molecule has 34 heavy (non-hydrogen) atoms. The molecule has 0 bridgehead atoms. The van der Waals surface area contributed by atoms with Crippen LogP contribution in [0.15, 0.2) is 74.2 Å². The minimum absolute atomic E-state index is 0.0894. The number of benzene rings is 2. The van der Waals surface area contributed by atoms with E-state index in [2.05, 4.69) is 71.3 Å². The number of Topliss-reactive ketones (excluding diaryl/α,β-unsaturated/α-hetero) is 1. The zero-order valence-electron chi connectivity index (χ0n) is 19.4. The summed E-state index contributed by atoms with van der Waals surface area (Å²) in [6.07, 6.45) is 1.20. The maximum absolute atomic E-state index is 13.4. The SMILES string of the molecule is Cc1ccc(CSc2nc3c(c(=O)[nH]2)C(c2cccc(Br)c2)C2=C(CC(C)(C)CC2=O)N3)cc1. The molecular formula is C27H26BrN3O2S. The number of rotatable bonds is 4. The van der Waals surface area contributed by atoms with Gasteiger partial charge in [-0.2, -0.15) is 0 Å². The first kappa shape index (κ1) is 23.1. The Bertz CT molecular complexity index is 1380. The fourth-order valence-electron chi connectivity index (χ4n) is 4.82. The van der Waals surface area contributed by atoms with Crippen LogP contribution in [0, 0.1) is 12.3 Å². The van der Waals surface area contributed by atoms with Crippen LogP contribution in [0.25, 0.3) is 0 Å². The van der Waals surface area contributed by atoms with E-state index in [9.17, 15) is 9.59 Å². The van der Waals surface area contributed by atoms with Crippen molar-refractivity contribution < 1.29 is 4.79 Å². The molecule has 0 radical (unpaired) electrons. The third-order valence-electron chi connectivity index (χ3n) is 6.38. The van der Waals surface area contributed by atoms with Gasteiger partial charge in [0.2, 0.25) is 0 Å². The predicted molar refractivity (Wildman–Crippen MR) is 140 cm³/mol. The van der Waals surface area contributed by atoms with Crippen LogP contribution in [-0.2, 0) is 10.5 Å². The Morgan fingerprint density at radius 1 is 1.12 bits per heavy atom. The molecule has 1 aliphatic carbocycles.